The van der Waals surface area contributed by atoms with Gasteiger partial charge in [0.2, 0.25) is 0 Å². The lowest BCUT2D eigenvalue weighted by atomic mass is 9.87. The first-order valence-corrected chi connectivity index (χ1v) is 8.48. The fourth-order valence-corrected chi connectivity index (χ4v) is 3.13. The molecule has 1 heteroatoms. The van der Waals surface area contributed by atoms with Crippen molar-refractivity contribution in [2.45, 2.75) is 25.4 Å². The van der Waals surface area contributed by atoms with Crippen LogP contribution >= 0.6 is 0 Å². The van der Waals surface area contributed by atoms with E-state index in [4.69, 9.17) is 4.74 Å². The SMILES string of the molecule is C(=C1CC(OCC2C/C2=C\c2ccccc2)C1)c1ccccc1. The highest BCUT2D eigenvalue weighted by Crippen LogP contribution is 2.41. The minimum atomic E-state index is 0.434. The maximum absolute atomic E-state index is 6.06. The molecule has 2 aliphatic carbocycles. The van der Waals surface area contributed by atoms with Gasteiger partial charge >= 0.3 is 0 Å². The third kappa shape index (κ3) is 3.80. The van der Waals surface area contributed by atoms with Crippen LogP contribution in [0.15, 0.2) is 71.8 Å². The van der Waals surface area contributed by atoms with Gasteiger partial charge in [-0.1, -0.05) is 84.0 Å². The highest BCUT2D eigenvalue weighted by atomic mass is 16.5. The van der Waals surface area contributed by atoms with Gasteiger partial charge in [0.25, 0.3) is 0 Å². The van der Waals surface area contributed by atoms with Gasteiger partial charge in [-0.15, -0.1) is 0 Å². The Morgan fingerprint density at radius 3 is 2.04 bits per heavy atom. The second-order valence-electron chi connectivity index (χ2n) is 6.61. The Morgan fingerprint density at radius 1 is 0.783 bits per heavy atom. The molecule has 0 radical (unpaired) electrons. The van der Waals surface area contributed by atoms with Crippen molar-refractivity contribution in [3.8, 4) is 0 Å². The van der Waals surface area contributed by atoms with Crippen LogP contribution in [0.4, 0.5) is 0 Å². The van der Waals surface area contributed by atoms with E-state index in [-0.39, 0.29) is 0 Å². The molecular formula is C22H22O. The molecule has 0 aliphatic heterocycles. The van der Waals surface area contributed by atoms with Crippen LogP contribution in [0.3, 0.4) is 0 Å². The molecule has 0 spiro atoms. The highest BCUT2D eigenvalue weighted by Gasteiger charge is 2.32. The smallest absolute Gasteiger partial charge is 0.0649 e. The molecule has 0 N–H and O–H groups in total. The zero-order valence-corrected chi connectivity index (χ0v) is 13.3. The minimum absolute atomic E-state index is 0.434. The molecule has 2 fully saturated rings. The van der Waals surface area contributed by atoms with Crippen molar-refractivity contribution in [1.29, 1.82) is 0 Å². The molecule has 1 unspecified atom stereocenters. The van der Waals surface area contributed by atoms with Gasteiger partial charge in [-0.25, -0.2) is 0 Å². The molecule has 2 aromatic rings. The topological polar surface area (TPSA) is 9.23 Å². The lowest BCUT2D eigenvalue weighted by molar-refractivity contribution is 0.0242. The molecule has 2 saturated carbocycles. The van der Waals surface area contributed by atoms with E-state index in [1.54, 1.807) is 0 Å². The fourth-order valence-electron chi connectivity index (χ4n) is 3.13. The number of benzene rings is 2. The third-order valence-corrected chi connectivity index (χ3v) is 4.68. The Morgan fingerprint density at radius 2 is 1.39 bits per heavy atom. The summed E-state index contributed by atoms with van der Waals surface area (Å²) < 4.78 is 6.06. The number of rotatable bonds is 5. The van der Waals surface area contributed by atoms with Gasteiger partial charge in [0.1, 0.15) is 0 Å². The van der Waals surface area contributed by atoms with E-state index in [1.807, 2.05) is 0 Å². The molecule has 1 atom stereocenters. The normalized spacial score (nSPS) is 24.3. The monoisotopic (exact) mass is 302 g/mol. The fraction of sp³-hybridized carbons (Fsp3) is 0.273. The third-order valence-electron chi connectivity index (χ3n) is 4.68. The first-order chi connectivity index (χ1) is 11.4. The van der Waals surface area contributed by atoms with Crippen LogP contribution in [0, 0.1) is 5.92 Å². The van der Waals surface area contributed by atoms with Gasteiger partial charge in [-0.2, -0.15) is 0 Å². The van der Waals surface area contributed by atoms with Crippen LogP contribution in [0.5, 0.6) is 0 Å². The quantitative estimate of drug-likeness (QED) is 0.723. The number of ether oxygens (including phenoxy) is 1. The van der Waals surface area contributed by atoms with Crippen molar-refractivity contribution in [3.05, 3.63) is 82.9 Å². The predicted molar refractivity (Wildman–Crippen MR) is 95.9 cm³/mol. The van der Waals surface area contributed by atoms with E-state index in [0.29, 0.717) is 12.0 Å². The zero-order chi connectivity index (χ0) is 15.5. The number of hydrogen-bond acceptors (Lipinski definition) is 1. The van der Waals surface area contributed by atoms with Crippen molar-refractivity contribution >= 4 is 12.2 Å². The molecule has 0 amide bonds. The summed E-state index contributed by atoms with van der Waals surface area (Å²) in [7, 11) is 0. The molecule has 0 saturated heterocycles. The maximum atomic E-state index is 6.06. The summed E-state index contributed by atoms with van der Waals surface area (Å²) in [6.45, 7) is 0.891. The predicted octanol–water partition coefficient (Wildman–Crippen LogP) is 5.35. The average Bonchev–Trinajstić information content (AvgIpc) is 3.29. The molecular weight excluding hydrogens is 280 g/mol. The van der Waals surface area contributed by atoms with Crippen LogP contribution in [-0.2, 0) is 4.74 Å². The van der Waals surface area contributed by atoms with Gasteiger partial charge in [0.05, 0.1) is 12.7 Å². The first kappa shape index (κ1) is 14.5. The van der Waals surface area contributed by atoms with E-state index in [2.05, 4.69) is 72.8 Å². The van der Waals surface area contributed by atoms with Crippen molar-refractivity contribution < 1.29 is 4.74 Å². The second kappa shape index (κ2) is 6.55. The van der Waals surface area contributed by atoms with E-state index in [0.717, 1.165) is 19.4 Å². The lowest BCUT2D eigenvalue weighted by Crippen LogP contribution is -2.25. The van der Waals surface area contributed by atoms with Crippen LogP contribution < -0.4 is 0 Å². The van der Waals surface area contributed by atoms with Gasteiger partial charge in [0.15, 0.2) is 0 Å². The summed E-state index contributed by atoms with van der Waals surface area (Å²) in [5, 5.41) is 0. The second-order valence-corrected chi connectivity index (χ2v) is 6.61. The molecule has 116 valence electrons. The van der Waals surface area contributed by atoms with Crippen LogP contribution in [0.2, 0.25) is 0 Å². The Hall–Kier alpha value is -2.12. The van der Waals surface area contributed by atoms with E-state index in [1.165, 1.54) is 28.7 Å². The van der Waals surface area contributed by atoms with Crippen molar-refractivity contribution in [2.24, 2.45) is 5.92 Å². The Labute approximate surface area is 138 Å². The van der Waals surface area contributed by atoms with E-state index >= 15 is 0 Å². The summed E-state index contributed by atoms with van der Waals surface area (Å²) in [4.78, 5) is 0. The van der Waals surface area contributed by atoms with Gasteiger partial charge in [-0.3, -0.25) is 0 Å². The van der Waals surface area contributed by atoms with Crippen molar-refractivity contribution in [2.75, 3.05) is 6.61 Å². The Balaban J connectivity index is 1.21. The Bertz CT molecular complexity index is 704. The molecule has 0 bridgehead atoms. The van der Waals surface area contributed by atoms with Crippen LogP contribution in [0.1, 0.15) is 30.4 Å². The van der Waals surface area contributed by atoms with Crippen LogP contribution in [0.25, 0.3) is 12.2 Å². The summed E-state index contributed by atoms with van der Waals surface area (Å²) in [6, 6.07) is 21.1. The van der Waals surface area contributed by atoms with E-state index in [9.17, 15) is 0 Å². The maximum Gasteiger partial charge on any atom is 0.0649 e. The molecule has 0 aromatic heterocycles. The molecule has 0 heterocycles. The first-order valence-electron chi connectivity index (χ1n) is 8.48. The Kier molecular flexibility index (Phi) is 4.12. The molecule has 2 aliphatic rings. The molecule has 2 aromatic carbocycles. The van der Waals surface area contributed by atoms with Crippen molar-refractivity contribution in [3.63, 3.8) is 0 Å². The summed E-state index contributed by atoms with van der Waals surface area (Å²) in [6.07, 6.45) is 8.45. The molecule has 23 heavy (non-hydrogen) atoms. The van der Waals surface area contributed by atoms with Crippen molar-refractivity contribution in [1.82, 2.24) is 0 Å². The minimum Gasteiger partial charge on any atom is -0.377 e. The zero-order valence-electron chi connectivity index (χ0n) is 13.3. The van der Waals surface area contributed by atoms with Gasteiger partial charge in [0, 0.05) is 5.92 Å². The summed E-state index contributed by atoms with van der Waals surface area (Å²) in [5.74, 6) is 0.650. The van der Waals surface area contributed by atoms with E-state index < -0.39 is 0 Å². The standard InChI is InChI=1S/C22H22O/c1-3-7-17(8-4-1)11-19-13-22(14-19)23-16-21-15-20(21)12-18-9-5-2-6-10-18/h1-12,21-22H,13-16H2/b19-11?,20-12+. The highest BCUT2D eigenvalue weighted by molar-refractivity contribution is 5.57. The number of hydrogen-bond donors (Lipinski definition) is 0. The van der Waals surface area contributed by atoms with Crippen LogP contribution in [-0.4, -0.2) is 12.7 Å². The average molecular weight is 302 g/mol. The molecule has 1 nitrogen and oxygen atoms in total. The van der Waals surface area contributed by atoms with Gasteiger partial charge in [-0.05, 0) is 30.4 Å². The molecule has 4 rings (SSSR count). The largest absolute Gasteiger partial charge is 0.377 e. The van der Waals surface area contributed by atoms with Gasteiger partial charge < -0.3 is 4.74 Å². The summed E-state index contributed by atoms with van der Waals surface area (Å²) >= 11 is 0. The summed E-state index contributed by atoms with van der Waals surface area (Å²) in [5.41, 5.74) is 5.66. The lowest BCUT2D eigenvalue weighted by Gasteiger charge is -2.29.